The first-order valence-corrected chi connectivity index (χ1v) is 7.02. The Kier molecular flexibility index (Phi) is 3.35. The Bertz CT molecular complexity index is 586. The summed E-state index contributed by atoms with van der Waals surface area (Å²) in [5.41, 5.74) is 1.12. The summed E-state index contributed by atoms with van der Waals surface area (Å²) in [6, 6.07) is 9.98. The van der Waals surface area contributed by atoms with Crippen LogP contribution < -0.4 is 0 Å². The minimum absolute atomic E-state index is 0.277. The van der Waals surface area contributed by atoms with E-state index in [9.17, 15) is 14.4 Å². The van der Waals surface area contributed by atoms with Gasteiger partial charge in [0.15, 0.2) is 0 Å². The number of allylic oxidation sites excluding steroid dienone is 1. The van der Waals surface area contributed by atoms with Crippen LogP contribution in [0.25, 0.3) is 6.08 Å². The van der Waals surface area contributed by atoms with Crippen LogP contribution in [0.3, 0.4) is 0 Å². The van der Waals surface area contributed by atoms with Gasteiger partial charge in [-0.2, -0.15) is 0 Å². The molecule has 2 aliphatic carbocycles. The SMILES string of the molecule is O=C1C(=O)C2CCC(/C=C/c3ccccc3)CC2C1=O. The van der Waals surface area contributed by atoms with E-state index in [0.29, 0.717) is 12.8 Å². The van der Waals surface area contributed by atoms with E-state index < -0.39 is 17.3 Å². The zero-order valence-corrected chi connectivity index (χ0v) is 11.1. The summed E-state index contributed by atoms with van der Waals surface area (Å²) in [5.74, 6) is -2.11. The van der Waals surface area contributed by atoms with Gasteiger partial charge in [0.25, 0.3) is 5.78 Å². The molecule has 102 valence electrons. The number of hydrogen-bond donors (Lipinski definition) is 0. The van der Waals surface area contributed by atoms with E-state index in [1.165, 1.54) is 0 Å². The van der Waals surface area contributed by atoms with E-state index in [1.807, 2.05) is 36.4 Å². The number of fused-ring (bicyclic) bond motifs is 1. The van der Waals surface area contributed by atoms with Gasteiger partial charge in [-0.15, -0.1) is 0 Å². The van der Waals surface area contributed by atoms with Crippen molar-refractivity contribution in [3.05, 3.63) is 42.0 Å². The molecule has 0 amide bonds. The Balaban J connectivity index is 1.70. The van der Waals surface area contributed by atoms with Crippen LogP contribution in [-0.2, 0) is 14.4 Å². The van der Waals surface area contributed by atoms with Crippen molar-refractivity contribution in [1.29, 1.82) is 0 Å². The van der Waals surface area contributed by atoms with Gasteiger partial charge in [0.2, 0.25) is 11.6 Å². The minimum atomic E-state index is -0.771. The Hall–Kier alpha value is -2.03. The Morgan fingerprint density at radius 2 is 1.60 bits per heavy atom. The molecular weight excluding hydrogens is 252 g/mol. The molecule has 0 heterocycles. The number of benzene rings is 1. The van der Waals surface area contributed by atoms with Crippen LogP contribution in [0.1, 0.15) is 24.8 Å². The standard InChI is InChI=1S/C17H16O3/c18-15-13-9-8-12(10-14(13)16(19)17(15)20)7-6-11-4-2-1-3-5-11/h1-7,12-14H,8-10H2/b7-6+. The van der Waals surface area contributed by atoms with Crippen molar-refractivity contribution in [2.45, 2.75) is 19.3 Å². The molecule has 20 heavy (non-hydrogen) atoms. The van der Waals surface area contributed by atoms with E-state index >= 15 is 0 Å². The largest absolute Gasteiger partial charge is 0.290 e. The van der Waals surface area contributed by atoms with Gasteiger partial charge in [0.1, 0.15) is 0 Å². The molecule has 3 unspecified atom stereocenters. The molecule has 3 atom stereocenters. The maximum atomic E-state index is 11.8. The third-order valence-electron chi connectivity index (χ3n) is 4.37. The summed E-state index contributed by atoms with van der Waals surface area (Å²) >= 11 is 0. The lowest BCUT2D eigenvalue weighted by atomic mass is 9.75. The molecule has 0 N–H and O–H groups in total. The van der Waals surface area contributed by atoms with E-state index in [4.69, 9.17) is 0 Å². The number of carbonyl (C=O) groups is 3. The Morgan fingerprint density at radius 3 is 2.35 bits per heavy atom. The highest BCUT2D eigenvalue weighted by Crippen LogP contribution is 2.40. The average molecular weight is 268 g/mol. The lowest BCUT2D eigenvalue weighted by Crippen LogP contribution is -2.26. The lowest BCUT2D eigenvalue weighted by molar-refractivity contribution is -0.141. The first-order valence-electron chi connectivity index (χ1n) is 7.02. The van der Waals surface area contributed by atoms with Crippen LogP contribution in [0, 0.1) is 17.8 Å². The van der Waals surface area contributed by atoms with Crippen LogP contribution in [-0.4, -0.2) is 17.3 Å². The molecule has 2 fully saturated rings. The quantitative estimate of drug-likeness (QED) is 0.774. The van der Waals surface area contributed by atoms with Crippen LogP contribution >= 0.6 is 0 Å². The van der Waals surface area contributed by atoms with Crippen LogP contribution in [0.4, 0.5) is 0 Å². The fourth-order valence-corrected chi connectivity index (χ4v) is 3.25. The second-order valence-corrected chi connectivity index (χ2v) is 5.61. The van der Waals surface area contributed by atoms with Gasteiger partial charge in [-0.3, -0.25) is 14.4 Å². The number of hydrogen-bond acceptors (Lipinski definition) is 3. The molecule has 0 bridgehead atoms. The van der Waals surface area contributed by atoms with Crippen molar-refractivity contribution in [1.82, 2.24) is 0 Å². The highest BCUT2D eigenvalue weighted by molar-refractivity contribution is 6.68. The monoisotopic (exact) mass is 268 g/mol. The topological polar surface area (TPSA) is 51.2 Å². The summed E-state index contributed by atoms with van der Waals surface area (Å²) in [6.07, 6.45) is 6.31. The predicted octanol–water partition coefficient (Wildman–Crippen LogP) is 2.45. The predicted molar refractivity (Wildman–Crippen MR) is 74.8 cm³/mol. The zero-order valence-electron chi connectivity index (χ0n) is 11.1. The van der Waals surface area contributed by atoms with Gasteiger partial charge in [-0.05, 0) is 30.7 Å². The van der Waals surface area contributed by atoms with Crippen LogP contribution in [0.2, 0.25) is 0 Å². The van der Waals surface area contributed by atoms with E-state index in [2.05, 4.69) is 6.08 Å². The number of rotatable bonds is 2. The van der Waals surface area contributed by atoms with Crippen molar-refractivity contribution in [3.8, 4) is 0 Å². The second-order valence-electron chi connectivity index (χ2n) is 5.61. The summed E-state index contributed by atoms with van der Waals surface area (Å²) < 4.78 is 0. The number of ketones is 3. The van der Waals surface area contributed by atoms with Crippen molar-refractivity contribution >= 4 is 23.4 Å². The number of carbonyl (C=O) groups excluding carboxylic acids is 3. The molecule has 0 radical (unpaired) electrons. The van der Waals surface area contributed by atoms with Crippen LogP contribution in [0.15, 0.2) is 36.4 Å². The van der Waals surface area contributed by atoms with Crippen molar-refractivity contribution in [2.24, 2.45) is 17.8 Å². The van der Waals surface area contributed by atoms with Gasteiger partial charge in [-0.25, -0.2) is 0 Å². The third-order valence-corrected chi connectivity index (χ3v) is 4.37. The highest BCUT2D eigenvalue weighted by atomic mass is 16.2. The first-order chi connectivity index (χ1) is 9.66. The summed E-state index contributed by atoms with van der Waals surface area (Å²) in [5, 5.41) is 0. The van der Waals surface area contributed by atoms with E-state index in [-0.39, 0.29) is 17.8 Å². The van der Waals surface area contributed by atoms with Crippen molar-refractivity contribution in [3.63, 3.8) is 0 Å². The molecule has 3 rings (SSSR count). The summed E-state index contributed by atoms with van der Waals surface area (Å²) in [4.78, 5) is 34.9. The highest BCUT2D eigenvalue weighted by Gasteiger charge is 2.50. The Labute approximate surface area is 117 Å². The fraction of sp³-hybridized carbons (Fsp3) is 0.353. The molecule has 1 aromatic rings. The molecule has 2 saturated carbocycles. The molecule has 3 heteroatoms. The normalized spacial score (nSPS) is 30.0. The fourth-order valence-electron chi connectivity index (χ4n) is 3.25. The Morgan fingerprint density at radius 1 is 0.900 bits per heavy atom. The van der Waals surface area contributed by atoms with Gasteiger partial charge in [0, 0.05) is 11.8 Å². The van der Waals surface area contributed by atoms with Gasteiger partial charge >= 0.3 is 0 Å². The van der Waals surface area contributed by atoms with Crippen LogP contribution in [0.5, 0.6) is 0 Å². The molecular formula is C17H16O3. The smallest absolute Gasteiger partial charge is 0.264 e. The molecule has 2 aliphatic rings. The summed E-state index contributed by atoms with van der Waals surface area (Å²) in [7, 11) is 0. The first kappa shape index (κ1) is 13.0. The third kappa shape index (κ3) is 2.24. The molecule has 0 spiro atoms. The van der Waals surface area contributed by atoms with Crippen molar-refractivity contribution in [2.75, 3.05) is 0 Å². The molecule has 0 aliphatic heterocycles. The minimum Gasteiger partial charge on any atom is -0.290 e. The molecule has 0 aromatic heterocycles. The lowest BCUT2D eigenvalue weighted by Gasteiger charge is -2.27. The van der Waals surface area contributed by atoms with Gasteiger partial charge in [-0.1, -0.05) is 42.5 Å². The second kappa shape index (κ2) is 5.16. The number of Topliss-reactive ketones (excluding diaryl/α,β-unsaturated/α-hetero) is 3. The maximum Gasteiger partial charge on any atom is 0.264 e. The molecule has 0 saturated heterocycles. The zero-order chi connectivity index (χ0) is 14.1. The summed E-state index contributed by atoms with van der Waals surface area (Å²) in [6.45, 7) is 0. The average Bonchev–Trinajstić information content (AvgIpc) is 2.71. The molecule has 1 aromatic carbocycles. The van der Waals surface area contributed by atoms with Gasteiger partial charge in [0.05, 0.1) is 0 Å². The van der Waals surface area contributed by atoms with E-state index in [1.54, 1.807) is 0 Å². The molecule has 3 nitrogen and oxygen atoms in total. The van der Waals surface area contributed by atoms with Gasteiger partial charge < -0.3 is 0 Å². The van der Waals surface area contributed by atoms with Crippen molar-refractivity contribution < 1.29 is 14.4 Å². The maximum absolute atomic E-state index is 11.8. The van der Waals surface area contributed by atoms with E-state index in [0.717, 1.165) is 12.0 Å².